The van der Waals surface area contributed by atoms with Crippen LogP contribution in [0.25, 0.3) is 0 Å². The fourth-order valence-corrected chi connectivity index (χ4v) is 1.95. The molecule has 0 atom stereocenters. The maximum absolute atomic E-state index is 13.7. The van der Waals surface area contributed by atoms with E-state index in [-0.39, 0.29) is 11.9 Å². The Bertz CT molecular complexity index is 419. The SMILES string of the molecule is CCCOc1cc(OC2CCOCC2)c(N)cc1F. The van der Waals surface area contributed by atoms with Gasteiger partial charge >= 0.3 is 0 Å². The highest BCUT2D eigenvalue weighted by Gasteiger charge is 2.18. The molecule has 0 bridgehead atoms. The monoisotopic (exact) mass is 269 g/mol. The lowest BCUT2D eigenvalue weighted by atomic mass is 10.1. The molecular formula is C14H20FNO3. The highest BCUT2D eigenvalue weighted by atomic mass is 19.1. The number of nitrogen functional groups attached to an aromatic ring is 1. The first kappa shape index (κ1) is 13.9. The number of halogens is 1. The lowest BCUT2D eigenvalue weighted by Gasteiger charge is -2.24. The van der Waals surface area contributed by atoms with Crippen LogP contribution in [-0.2, 0) is 4.74 Å². The number of anilines is 1. The van der Waals surface area contributed by atoms with Gasteiger partial charge in [0, 0.05) is 25.0 Å². The standard InChI is InChI=1S/C14H20FNO3/c1-2-5-18-13-9-14(12(16)8-11(13)15)19-10-3-6-17-7-4-10/h8-10H,2-7,16H2,1H3. The molecule has 106 valence electrons. The van der Waals surface area contributed by atoms with Crippen molar-refractivity contribution in [3.8, 4) is 11.5 Å². The van der Waals surface area contributed by atoms with Crippen LogP contribution in [0, 0.1) is 5.82 Å². The Morgan fingerprint density at radius 1 is 1.32 bits per heavy atom. The second-order valence-electron chi connectivity index (χ2n) is 4.60. The zero-order valence-corrected chi connectivity index (χ0v) is 11.2. The van der Waals surface area contributed by atoms with Gasteiger partial charge in [-0.1, -0.05) is 6.92 Å². The summed E-state index contributed by atoms with van der Waals surface area (Å²) >= 11 is 0. The second-order valence-corrected chi connectivity index (χ2v) is 4.60. The molecule has 0 saturated carbocycles. The first-order valence-corrected chi connectivity index (χ1v) is 6.67. The van der Waals surface area contributed by atoms with Crippen molar-refractivity contribution in [3.05, 3.63) is 17.9 Å². The lowest BCUT2D eigenvalue weighted by molar-refractivity contribution is 0.0257. The summed E-state index contributed by atoms with van der Waals surface area (Å²) in [5, 5.41) is 0. The minimum atomic E-state index is -0.453. The molecule has 19 heavy (non-hydrogen) atoms. The summed E-state index contributed by atoms with van der Waals surface area (Å²) in [6.07, 6.45) is 2.53. The van der Waals surface area contributed by atoms with Crippen LogP contribution in [0.3, 0.4) is 0 Å². The van der Waals surface area contributed by atoms with Gasteiger partial charge in [0.25, 0.3) is 0 Å². The second kappa shape index (κ2) is 6.61. The summed E-state index contributed by atoms with van der Waals surface area (Å²) in [5.41, 5.74) is 6.08. The summed E-state index contributed by atoms with van der Waals surface area (Å²) in [6.45, 7) is 3.81. The van der Waals surface area contributed by atoms with Crippen LogP contribution in [0.4, 0.5) is 10.1 Å². The van der Waals surface area contributed by atoms with Crippen molar-refractivity contribution in [2.45, 2.75) is 32.3 Å². The predicted octanol–water partition coefficient (Wildman–Crippen LogP) is 2.75. The molecule has 0 unspecified atom stereocenters. The third-order valence-corrected chi connectivity index (χ3v) is 2.99. The van der Waals surface area contributed by atoms with Crippen LogP contribution >= 0.6 is 0 Å². The molecule has 1 aliphatic rings. The molecule has 1 saturated heterocycles. The van der Waals surface area contributed by atoms with Crippen LogP contribution in [-0.4, -0.2) is 25.9 Å². The van der Waals surface area contributed by atoms with E-state index in [2.05, 4.69) is 0 Å². The van der Waals surface area contributed by atoms with Crippen LogP contribution in [0.5, 0.6) is 11.5 Å². The Morgan fingerprint density at radius 2 is 2.05 bits per heavy atom. The minimum Gasteiger partial charge on any atom is -0.490 e. The van der Waals surface area contributed by atoms with Gasteiger partial charge in [-0.05, 0) is 6.42 Å². The maximum atomic E-state index is 13.7. The summed E-state index contributed by atoms with van der Waals surface area (Å²) in [5.74, 6) is 0.225. The molecule has 4 nitrogen and oxygen atoms in total. The van der Waals surface area contributed by atoms with Gasteiger partial charge in [0.2, 0.25) is 0 Å². The molecule has 1 fully saturated rings. The Labute approximate surface area is 112 Å². The molecule has 0 spiro atoms. The summed E-state index contributed by atoms with van der Waals surface area (Å²) in [7, 11) is 0. The molecule has 2 N–H and O–H groups in total. The third kappa shape index (κ3) is 3.73. The number of hydrogen-bond acceptors (Lipinski definition) is 4. The van der Waals surface area contributed by atoms with Crippen LogP contribution in [0.2, 0.25) is 0 Å². The Hall–Kier alpha value is -1.49. The van der Waals surface area contributed by atoms with Crippen molar-refractivity contribution < 1.29 is 18.6 Å². The number of benzene rings is 1. The molecule has 5 heteroatoms. The van der Waals surface area contributed by atoms with Crippen LogP contribution in [0.1, 0.15) is 26.2 Å². The van der Waals surface area contributed by atoms with Crippen molar-refractivity contribution in [1.29, 1.82) is 0 Å². The molecule has 0 radical (unpaired) electrons. The molecule has 0 aromatic heterocycles. The molecule has 0 amide bonds. The minimum absolute atomic E-state index is 0.0699. The van der Waals surface area contributed by atoms with E-state index < -0.39 is 5.82 Å². The fourth-order valence-electron chi connectivity index (χ4n) is 1.95. The normalized spacial score (nSPS) is 16.3. The molecule has 1 aliphatic heterocycles. The molecular weight excluding hydrogens is 249 g/mol. The van der Waals surface area contributed by atoms with Gasteiger partial charge in [0.05, 0.1) is 25.5 Å². The average Bonchev–Trinajstić information content (AvgIpc) is 2.42. The van der Waals surface area contributed by atoms with Gasteiger partial charge < -0.3 is 19.9 Å². The zero-order valence-electron chi connectivity index (χ0n) is 11.2. The van der Waals surface area contributed by atoms with Gasteiger partial charge in [-0.15, -0.1) is 0 Å². The Kier molecular flexibility index (Phi) is 4.85. The number of ether oxygens (including phenoxy) is 3. The predicted molar refractivity (Wildman–Crippen MR) is 71.1 cm³/mol. The molecule has 0 aliphatic carbocycles. The molecule has 1 heterocycles. The van der Waals surface area contributed by atoms with Crippen molar-refractivity contribution in [1.82, 2.24) is 0 Å². The average molecular weight is 269 g/mol. The summed E-state index contributed by atoms with van der Waals surface area (Å²) < 4.78 is 30.1. The highest BCUT2D eigenvalue weighted by Crippen LogP contribution is 2.32. The van der Waals surface area contributed by atoms with E-state index in [1.807, 2.05) is 6.92 Å². The van der Waals surface area contributed by atoms with E-state index in [4.69, 9.17) is 19.9 Å². The van der Waals surface area contributed by atoms with Crippen LogP contribution in [0.15, 0.2) is 12.1 Å². The van der Waals surface area contributed by atoms with Crippen molar-refractivity contribution in [2.75, 3.05) is 25.6 Å². The fraction of sp³-hybridized carbons (Fsp3) is 0.571. The number of rotatable bonds is 5. The summed E-state index contributed by atoms with van der Waals surface area (Å²) in [6, 6.07) is 2.79. The van der Waals surface area contributed by atoms with E-state index in [9.17, 15) is 4.39 Å². The smallest absolute Gasteiger partial charge is 0.167 e. The van der Waals surface area contributed by atoms with E-state index in [1.165, 1.54) is 12.1 Å². The van der Waals surface area contributed by atoms with Crippen molar-refractivity contribution in [2.24, 2.45) is 0 Å². The number of nitrogens with two attached hydrogens (primary N) is 1. The molecule has 1 aromatic rings. The van der Waals surface area contributed by atoms with Gasteiger partial charge in [0.15, 0.2) is 11.6 Å². The maximum Gasteiger partial charge on any atom is 0.167 e. The Morgan fingerprint density at radius 3 is 2.74 bits per heavy atom. The lowest BCUT2D eigenvalue weighted by Crippen LogP contribution is -2.26. The van der Waals surface area contributed by atoms with Gasteiger partial charge in [-0.3, -0.25) is 0 Å². The number of hydrogen-bond donors (Lipinski definition) is 1. The van der Waals surface area contributed by atoms with Crippen LogP contribution < -0.4 is 15.2 Å². The Balaban J connectivity index is 2.09. The van der Waals surface area contributed by atoms with Gasteiger partial charge in [-0.2, -0.15) is 0 Å². The quantitative estimate of drug-likeness (QED) is 0.835. The van der Waals surface area contributed by atoms with Crippen molar-refractivity contribution >= 4 is 5.69 Å². The van der Waals surface area contributed by atoms with Crippen molar-refractivity contribution in [3.63, 3.8) is 0 Å². The molecule has 1 aromatic carbocycles. The van der Waals surface area contributed by atoms with Gasteiger partial charge in [-0.25, -0.2) is 4.39 Å². The zero-order chi connectivity index (χ0) is 13.7. The topological polar surface area (TPSA) is 53.7 Å². The summed E-state index contributed by atoms with van der Waals surface area (Å²) in [4.78, 5) is 0. The first-order valence-electron chi connectivity index (χ1n) is 6.67. The highest BCUT2D eigenvalue weighted by molar-refractivity contribution is 5.56. The van der Waals surface area contributed by atoms with Gasteiger partial charge in [0.1, 0.15) is 11.9 Å². The van der Waals surface area contributed by atoms with E-state index in [1.54, 1.807) is 0 Å². The molecule has 2 rings (SSSR count). The first-order chi connectivity index (χ1) is 9.20. The largest absolute Gasteiger partial charge is 0.490 e. The van der Waals surface area contributed by atoms with E-state index >= 15 is 0 Å². The van der Waals surface area contributed by atoms with E-state index in [0.29, 0.717) is 31.3 Å². The van der Waals surface area contributed by atoms with E-state index in [0.717, 1.165) is 19.3 Å². The third-order valence-electron chi connectivity index (χ3n) is 2.99.